The van der Waals surface area contributed by atoms with E-state index in [0.717, 1.165) is 15.8 Å². The molecule has 5 nitrogen and oxygen atoms in total. The van der Waals surface area contributed by atoms with Crippen LogP contribution < -0.4 is 10.1 Å². The molecule has 114 valence electrons. The second-order valence-corrected chi connectivity index (χ2v) is 5.96. The number of amides is 1. The Bertz CT molecular complexity index is 559. The summed E-state index contributed by atoms with van der Waals surface area (Å²) >= 11 is 3.38. The molecule has 3 N–H and O–H groups in total. The average molecular weight is 356 g/mol. The molecule has 0 aromatic heterocycles. The second kappa shape index (κ2) is 6.60. The maximum atomic E-state index is 12.3. The number of rotatable bonds is 5. The van der Waals surface area contributed by atoms with Gasteiger partial charge in [-0.25, -0.2) is 0 Å². The Kier molecular flexibility index (Phi) is 5.03. The molecule has 1 aliphatic heterocycles. The lowest BCUT2D eigenvalue weighted by molar-refractivity contribution is -0.121. The molecule has 1 aromatic rings. The van der Waals surface area contributed by atoms with Gasteiger partial charge in [-0.3, -0.25) is 4.79 Å². The Morgan fingerprint density at radius 1 is 1.43 bits per heavy atom. The number of ether oxygens (including phenoxy) is 1. The summed E-state index contributed by atoms with van der Waals surface area (Å²) in [6.07, 6.45) is 2.19. The van der Waals surface area contributed by atoms with Crippen LogP contribution in [-0.2, 0) is 4.79 Å². The Hall–Kier alpha value is -1.37. The summed E-state index contributed by atoms with van der Waals surface area (Å²) in [6.45, 7) is 1.33. The maximum absolute atomic E-state index is 12.3. The van der Waals surface area contributed by atoms with E-state index in [2.05, 4.69) is 21.2 Å². The average Bonchev–Trinajstić information content (AvgIpc) is 2.51. The number of benzene rings is 1. The first-order valence-electron chi connectivity index (χ1n) is 6.71. The number of halogens is 1. The van der Waals surface area contributed by atoms with Crippen LogP contribution in [0.5, 0.6) is 5.75 Å². The van der Waals surface area contributed by atoms with Crippen LogP contribution in [-0.4, -0.2) is 41.5 Å². The van der Waals surface area contributed by atoms with Crippen LogP contribution in [0.3, 0.4) is 0 Å². The van der Waals surface area contributed by atoms with Crippen molar-refractivity contribution in [2.45, 2.75) is 18.9 Å². The number of fused-ring (bicyclic) bond motifs is 1. The van der Waals surface area contributed by atoms with Gasteiger partial charge in [0.1, 0.15) is 12.4 Å². The largest absolute Gasteiger partial charge is 0.488 e. The summed E-state index contributed by atoms with van der Waals surface area (Å²) in [7, 11) is 0. The van der Waals surface area contributed by atoms with Crippen LogP contribution in [0.4, 0.5) is 0 Å². The van der Waals surface area contributed by atoms with Crippen molar-refractivity contribution in [2.24, 2.45) is 0 Å². The minimum absolute atomic E-state index is 0.164. The zero-order valence-electron chi connectivity index (χ0n) is 11.7. The van der Waals surface area contributed by atoms with Gasteiger partial charge in [-0.15, -0.1) is 0 Å². The first-order valence-corrected chi connectivity index (χ1v) is 7.50. The highest BCUT2D eigenvalue weighted by Crippen LogP contribution is 2.29. The number of aliphatic hydroxyl groups excluding tert-OH is 2. The number of hydrogen-bond donors (Lipinski definition) is 3. The van der Waals surface area contributed by atoms with Gasteiger partial charge in [-0.05, 0) is 30.7 Å². The van der Waals surface area contributed by atoms with Crippen molar-refractivity contribution in [2.75, 3.05) is 19.8 Å². The summed E-state index contributed by atoms with van der Waals surface area (Å²) in [6, 6.07) is 5.58. The smallest absolute Gasteiger partial charge is 0.251 e. The van der Waals surface area contributed by atoms with E-state index in [1.54, 1.807) is 13.0 Å². The van der Waals surface area contributed by atoms with E-state index in [4.69, 9.17) is 4.74 Å². The Morgan fingerprint density at radius 3 is 2.76 bits per heavy atom. The maximum Gasteiger partial charge on any atom is 0.251 e. The molecule has 1 aromatic carbocycles. The van der Waals surface area contributed by atoms with Gasteiger partial charge in [0, 0.05) is 10.0 Å². The van der Waals surface area contributed by atoms with Gasteiger partial charge in [-0.1, -0.05) is 22.9 Å². The molecule has 21 heavy (non-hydrogen) atoms. The molecule has 0 spiro atoms. The van der Waals surface area contributed by atoms with E-state index in [-0.39, 0.29) is 25.7 Å². The number of carbonyl (C=O) groups excluding carboxylic acids is 1. The molecular weight excluding hydrogens is 338 g/mol. The first kappa shape index (κ1) is 16.0. The van der Waals surface area contributed by atoms with Gasteiger partial charge in [0.25, 0.3) is 5.91 Å². The molecule has 1 aliphatic rings. The van der Waals surface area contributed by atoms with Crippen molar-refractivity contribution in [1.82, 2.24) is 5.32 Å². The van der Waals surface area contributed by atoms with E-state index in [9.17, 15) is 15.0 Å². The van der Waals surface area contributed by atoms with Crippen LogP contribution in [0, 0.1) is 0 Å². The van der Waals surface area contributed by atoms with Crippen molar-refractivity contribution >= 4 is 27.9 Å². The van der Waals surface area contributed by atoms with Crippen molar-refractivity contribution in [3.8, 4) is 5.75 Å². The summed E-state index contributed by atoms with van der Waals surface area (Å²) in [4.78, 5) is 12.3. The molecule has 0 saturated carbocycles. The Labute approximate surface area is 131 Å². The summed E-state index contributed by atoms with van der Waals surface area (Å²) in [5, 5.41) is 21.5. The zero-order valence-corrected chi connectivity index (χ0v) is 13.3. The van der Waals surface area contributed by atoms with Crippen LogP contribution in [0.15, 0.2) is 28.2 Å². The third-order valence-electron chi connectivity index (χ3n) is 3.64. The van der Waals surface area contributed by atoms with Gasteiger partial charge < -0.3 is 20.3 Å². The van der Waals surface area contributed by atoms with Gasteiger partial charge in [0.2, 0.25) is 0 Å². The molecule has 0 aliphatic carbocycles. The predicted molar refractivity (Wildman–Crippen MR) is 83.0 cm³/mol. The lowest BCUT2D eigenvalue weighted by atomic mass is 9.97. The number of aliphatic hydroxyl groups is 2. The number of nitrogens with one attached hydrogen (secondary N) is 1. The molecule has 0 radical (unpaired) electrons. The molecule has 0 unspecified atom stereocenters. The lowest BCUT2D eigenvalue weighted by Gasteiger charge is -2.30. The molecular formula is C15H18BrNO4. The van der Waals surface area contributed by atoms with Crippen LogP contribution in [0.1, 0.15) is 18.9 Å². The minimum Gasteiger partial charge on any atom is -0.488 e. The van der Waals surface area contributed by atoms with E-state index >= 15 is 0 Å². The molecule has 6 heteroatoms. The van der Waals surface area contributed by atoms with Crippen LogP contribution in [0.25, 0.3) is 6.08 Å². The first-order chi connectivity index (χ1) is 10.0. The normalized spacial score (nSPS) is 14.0. The van der Waals surface area contributed by atoms with E-state index in [1.807, 2.05) is 18.2 Å². The van der Waals surface area contributed by atoms with Crippen LogP contribution in [0.2, 0.25) is 0 Å². The Balaban J connectivity index is 2.21. The third-order valence-corrected chi connectivity index (χ3v) is 4.13. The molecule has 0 saturated heterocycles. The summed E-state index contributed by atoms with van der Waals surface area (Å²) < 4.78 is 6.45. The topological polar surface area (TPSA) is 78.8 Å². The monoisotopic (exact) mass is 355 g/mol. The molecule has 0 bridgehead atoms. The zero-order chi connectivity index (χ0) is 15.5. The highest BCUT2D eigenvalue weighted by molar-refractivity contribution is 9.10. The molecule has 0 atom stereocenters. The molecule has 2 rings (SSSR count). The standard InChI is InChI=1S/C15H18BrNO4/c1-2-15(8-18,9-19)17-14(20)11-5-10-6-12(16)3-4-13(10)21-7-11/h3-6,18-19H,2,7-9H2,1H3,(H,17,20). The number of hydrogen-bond acceptors (Lipinski definition) is 4. The van der Waals surface area contributed by atoms with Crippen molar-refractivity contribution in [3.05, 3.63) is 33.8 Å². The fourth-order valence-corrected chi connectivity index (χ4v) is 2.42. The fourth-order valence-electron chi connectivity index (χ4n) is 2.04. The quantitative estimate of drug-likeness (QED) is 0.747. The van der Waals surface area contributed by atoms with Crippen molar-refractivity contribution in [3.63, 3.8) is 0 Å². The summed E-state index contributed by atoms with van der Waals surface area (Å²) in [5.74, 6) is 0.381. The van der Waals surface area contributed by atoms with E-state index < -0.39 is 5.54 Å². The third kappa shape index (κ3) is 3.45. The highest BCUT2D eigenvalue weighted by atomic mass is 79.9. The highest BCUT2D eigenvalue weighted by Gasteiger charge is 2.30. The van der Waals surface area contributed by atoms with Gasteiger partial charge >= 0.3 is 0 Å². The van der Waals surface area contributed by atoms with Crippen molar-refractivity contribution in [1.29, 1.82) is 0 Å². The van der Waals surface area contributed by atoms with Gasteiger partial charge in [0.15, 0.2) is 0 Å². The van der Waals surface area contributed by atoms with E-state index in [1.165, 1.54) is 0 Å². The fraction of sp³-hybridized carbons (Fsp3) is 0.400. The molecule has 1 amide bonds. The lowest BCUT2D eigenvalue weighted by Crippen LogP contribution is -2.54. The minimum atomic E-state index is -1.00. The Morgan fingerprint density at radius 2 is 2.14 bits per heavy atom. The number of carbonyl (C=O) groups is 1. The predicted octanol–water partition coefficient (Wildman–Crippen LogP) is 1.47. The second-order valence-electron chi connectivity index (χ2n) is 5.04. The molecule has 0 fully saturated rings. The van der Waals surface area contributed by atoms with Gasteiger partial charge in [0.05, 0.1) is 24.3 Å². The SMILES string of the molecule is CCC(CO)(CO)NC(=O)C1=Cc2cc(Br)ccc2OC1. The van der Waals surface area contributed by atoms with E-state index in [0.29, 0.717) is 12.0 Å². The van der Waals surface area contributed by atoms with Gasteiger partial charge in [-0.2, -0.15) is 0 Å². The molecule has 1 heterocycles. The van der Waals surface area contributed by atoms with Crippen molar-refractivity contribution < 1.29 is 19.7 Å². The summed E-state index contributed by atoms with van der Waals surface area (Å²) in [5.41, 5.74) is 0.270. The van der Waals surface area contributed by atoms with Crippen LogP contribution >= 0.6 is 15.9 Å².